The molecule has 0 radical (unpaired) electrons. The van der Waals surface area contributed by atoms with Crippen LogP contribution in [0, 0.1) is 17.8 Å². The van der Waals surface area contributed by atoms with E-state index in [1.54, 1.807) is 30.3 Å². The molecule has 3 unspecified atom stereocenters. The first kappa shape index (κ1) is 22.2. The predicted molar refractivity (Wildman–Crippen MR) is 122 cm³/mol. The van der Waals surface area contributed by atoms with Crippen LogP contribution in [0.1, 0.15) is 70.9 Å². The summed E-state index contributed by atoms with van der Waals surface area (Å²) in [5, 5.41) is 2.67. The second kappa shape index (κ2) is 8.63. The molecule has 7 heteroatoms. The highest BCUT2D eigenvalue weighted by molar-refractivity contribution is 6.28. The number of carbonyl (C=O) groups excluding carboxylic acids is 5. The highest BCUT2D eigenvalue weighted by Gasteiger charge is 2.42. The Hall–Kier alpha value is -3.61. The molecule has 5 rings (SSSR count). The number of amides is 1. The zero-order valence-corrected chi connectivity index (χ0v) is 18.8. The number of nitrogens with one attached hydrogen (secondary N) is 1. The van der Waals surface area contributed by atoms with E-state index in [1.165, 1.54) is 19.1 Å². The maximum Gasteiger partial charge on any atom is 0.309 e. The predicted octanol–water partition coefficient (Wildman–Crippen LogP) is 3.73. The van der Waals surface area contributed by atoms with Crippen molar-refractivity contribution in [2.45, 2.75) is 45.1 Å². The highest BCUT2D eigenvalue weighted by Crippen LogP contribution is 2.40. The van der Waals surface area contributed by atoms with Crippen LogP contribution in [0.25, 0.3) is 0 Å². The number of esters is 1. The van der Waals surface area contributed by atoms with Crippen LogP contribution in [0.2, 0.25) is 0 Å². The van der Waals surface area contributed by atoms with Crippen molar-refractivity contribution in [1.82, 2.24) is 0 Å². The van der Waals surface area contributed by atoms with Crippen molar-refractivity contribution in [2.75, 3.05) is 5.32 Å². The second-order valence-electron chi connectivity index (χ2n) is 9.43. The summed E-state index contributed by atoms with van der Waals surface area (Å²) in [6, 6.07) is 11.2. The zero-order valence-electron chi connectivity index (χ0n) is 18.8. The van der Waals surface area contributed by atoms with Crippen LogP contribution in [0.5, 0.6) is 0 Å². The van der Waals surface area contributed by atoms with Crippen molar-refractivity contribution in [3.8, 4) is 0 Å². The molecule has 3 atom stereocenters. The molecule has 2 aromatic carbocycles. The number of ketones is 3. The molecule has 174 valence electrons. The van der Waals surface area contributed by atoms with Gasteiger partial charge in [0.2, 0.25) is 0 Å². The maximum atomic E-state index is 12.9. The molecule has 34 heavy (non-hydrogen) atoms. The summed E-state index contributed by atoms with van der Waals surface area (Å²) in [6.07, 6.45) is 2.59. The van der Waals surface area contributed by atoms with Gasteiger partial charge in [0, 0.05) is 39.8 Å². The quantitative estimate of drug-likeness (QED) is 0.596. The molecule has 0 aliphatic heterocycles. The first-order chi connectivity index (χ1) is 16.3. The molecular weight excluding hydrogens is 434 g/mol. The molecule has 0 saturated heterocycles. The van der Waals surface area contributed by atoms with Gasteiger partial charge in [-0.25, -0.2) is 0 Å². The minimum Gasteiger partial charge on any atom is -0.452 e. The van der Waals surface area contributed by atoms with Crippen LogP contribution in [0.15, 0.2) is 42.5 Å². The van der Waals surface area contributed by atoms with Gasteiger partial charge in [-0.3, -0.25) is 24.0 Å². The minimum atomic E-state index is -1.04. The Bertz CT molecular complexity index is 1220. The monoisotopic (exact) mass is 459 g/mol. The molecule has 2 fully saturated rings. The first-order valence-corrected chi connectivity index (χ1v) is 11.7. The molecule has 0 aromatic heterocycles. The Balaban J connectivity index is 1.25. The average Bonchev–Trinajstić information content (AvgIpc) is 2.82. The van der Waals surface area contributed by atoms with Crippen molar-refractivity contribution >= 4 is 34.9 Å². The third-order valence-corrected chi connectivity index (χ3v) is 7.24. The Morgan fingerprint density at radius 2 is 1.47 bits per heavy atom. The van der Waals surface area contributed by atoms with E-state index in [-0.39, 0.29) is 40.7 Å². The van der Waals surface area contributed by atoms with Gasteiger partial charge in [0.05, 0.1) is 5.92 Å². The topological polar surface area (TPSA) is 107 Å². The van der Waals surface area contributed by atoms with E-state index in [0.29, 0.717) is 35.2 Å². The molecule has 3 aliphatic carbocycles. The summed E-state index contributed by atoms with van der Waals surface area (Å²) in [5.41, 5.74) is 1.56. The van der Waals surface area contributed by atoms with Crippen LogP contribution in [0.4, 0.5) is 5.69 Å². The largest absolute Gasteiger partial charge is 0.452 e. The maximum absolute atomic E-state index is 12.9. The Kier molecular flexibility index (Phi) is 5.63. The number of hydrogen-bond donors (Lipinski definition) is 1. The summed E-state index contributed by atoms with van der Waals surface area (Å²) in [6.45, 7) is 1.49. The summed E-state index contributed by atoms with van der Waals surface area (Å²) in [5.74, 6) is -1.74. The SMILES string of the molecule is CC(OC(=O)C1CC2CCCC(C1)C2=O)C(=O)Nc1ccc2c(c1)C(=O)c1ccccc1C2=O. The molecule has 1 amide bonds. The van der Waals surface area contributed by atoms with Gasteiger partial charge in [-0.05, 0) is 50.8 Å². The van der Waals surface area contributed by atoms with Crippen molar-refractivity contribution in [2.24, 2.45) is 17.8 Å². The van der Waals surface area contributed by atoms with Gasteiger partial charge in [-0.1, -0.05) is 30.7 Å². The summed E-state index contributed by atoms with van der Waals surface area (Å²) < 4.78 is 5.44. The van der Waals surface area contributed by atoms with Crippen LogP contribution in [-0.4, -0.2) is 35.3 Å². The molecule has 0 heterocycles. The third-order valence-electron chi connectivity index (χ3n) is 7.24. The number of fused-ring (bicyclic) bond motifs is 4. The van der Waals surface area contributed by atoms with Crippen molar-refractivity contribution < 1.29 is 28.7 Å². The lowest BCUT2D eigenvalue weighted by molar-refractivity contribution is -0.161. The summed E-state index contributed by atoms with van der Waals surface area (Å²) in [7, 11) is 0. The zero-order chi connectivity index (χ0) is 24.0. The molecule has 2 bridgehead atoms. The number of rotatable bonds is 4. The number of ether oxygens (including phenoxy) is 1. The van der Waals surface area contributed by atoms with Gasteiger partial charge in [-0.2, -0.15) is 0 Å². The lowest BCUT2D eigenvalue weighted by Gasteiger charge is -2.36. The van der Waals surface area contributed by atoms with E-state index in [4.69, 9.17) is 4.74 Å². The third kappa shape index (κ3) is 3.85. The Labute approximate surface area is 196 Å². The van der Waals surface area contributed by atoms with Gasteiger partial charge < -0.3 is 10.1 Å². The molecule has 2 aromatic rings. The first-order valence-electron chi connectivity index (χ1n) is 11.7. The van der Waals surface area contributed by atoms with Crippen LogP contribution < -0.4 is 5.32 Å². The van der Waals surface area contributed by atoms with Crippen molar-refractivity contribution in [3.05, 3.63) is 64.7 Å². The van der Waals surface area contributed by atoms with E-state index in [2.05, 4.69) is 5.32 Å². The highest BCUT2D eigenvalue weighted by atomic mass is 16.5. The van der Waals surface area contributed by atoms with Gasteiger partial charge in [-0.15, -0.1) is 0 Å². The van der Waals surface area contributed by atoms with Gasteiger partial charge in [0.25, 0.3) is 5.91 Å². The normalized spacial score (nSPS) is 24.0. The summed E-state index contributed by atoms with van der Waals surface area (Å²) >= 11 is 0. The Morgan fingerprint density at radius 3 is 2.12 bits per heavy atom. The average molecular weight is 459 g/mol. The molecule has 0 spiro atoms. The smallest absolute Gasteiger partial charge is 0.309 e. The van der Waals surface area contributed by atoms with Gasteiger partial charge in [0.15, 0.2) is 17.7 Å². The van der Waals surface area contributed by atoms with Crippen LogP contribution in [0.3, 0.4) is 0 Å². The van der Waals surface area contributed by atoms with E-state index in [1.807, 2.05) is 0 Å². The molecule has 2 saturated carbocycles. The van der Waals surface area contributed by atoms with E-state index >= 15 is 0 Å². The van der Waals surface area contributed by atoms with Crippen molar-refractivity contribution in [1.29, 1.82) is 0 Å². The number of carbonyl (C=O) groups is 5. The molecule has 1 N–H and O–H groups in total. The van der Waals surface area contributed by atoms with E-state index in [9.17, 15) is 24.0 Å². The fraction of sp³-hybridized carbons (Fsp3) is 0.370. The van der Waals surface area contributed by atoms with Crippen LogP contribution in [-0.2, 0) is 19.1 Å². The molecular formula is C27H25NO6. The summed E-state index contributed by atoms with van der Waals surface area (Å²) in [4.78, 5) is 63.3. The standard InChI is InChI=1S/C27H25NO6/c1-14(34-27(33)17-11-15-5-4-6-16(12-17)23(15)29)26(32)28-18-9-10-21-22(13-18)25(31)20-8-3-2-7-19(20)24(21)30/h2-3,7-10,13-17H,4-6,11-12H2,1H3,(H,28,32). The van der Waals surface area contributed by atoms with Gasteiger partial charge >= 0.3 is 5.97 Å². The van der Waals surface area contributed by atoms with E-state index in [0.717, 1.165) is 19.3 Å². The second-order valence-corrected chi connectivity index (χ2v) is 9.43. The van der Waals surface area contributed by atoms with Crippen LogP contribution >= 0.6 is 0 Å². The fourth-order valence-corrected chi connectivity index (χ4v) is 5.42. The number of benzene rings is 2. The van der Waals surface area contributed by atoms with Crippen molar-refractivity contribution in [3.63, 3.8) is 0 Å². The molecule has 3 aliphatic rings. The fourth-order valence-electron chi connectivity index (χ4n) is 5.42. The lowest BCUT2D eigenvalue weighted by atomic mass is 9.67. The number of Topliss-reactive ketones (excluding diaryl/α,β-unsaturated/α-hetero) is 1. The lowest BCUT2D eigenvalue weighted by Crippen LogP contribution is -2.41. The minimum absolute atomic E-state index is 0.0740. The Morgan fingerprint density at radius 1 is 0.882 bits per heavy atom. The number of anilines is 1. The number of hydrogen-bond acceptors (Lipinski definition) is 6. The van der Waals surface area contributed by atoms with Gasteiger partial charge in [0.1, 0.15) is 5.78 Å². The molecule has 7 nitrogen and oxygen atoms in total. The van der Waals surface area contributed by atoms with E-state index < -0.39 is 18.0 Å².